The number of nitrogens with one attached hydrogen (secondary N) is 1. The number of fused-ring (bicyclic) bond motifs is 1. The van der Waals surface area contributed by atoms with Crippen LogP contribution in [-0.2, 0) is 27.3 Å². The molecule has 2 aromatic carbocycles. The van der Waals surface area contributed by atoms with Crippen molar-refractivity contribution < 1.29 is 29.0 Å². The van der Waals surface area contributed by atoms with E-state index in [-0.39, 0.29) is 13.0 Å². The van der Waals surface area contributed by atoms with E-state index in [0.717, 1.165) is 10.9 Å². The number of para-hydroxylation sites is 1. The quantitative estimate of drug-likeness (QED) is 0.575. The number of ether oxygens (including phenoxy) is 2. The van der Waals surface area contributed by atoms with Gasteiger partial charge in [0.2, 0.25) is 0 Å². The Bertz CT molecular complexity index is 1100. The second-order valence-corrected chi connectivity index (χ2v) is 8.31. The monoisotopic (exact) mass is 438 g/mol. The van der Waals surface area contributed by atoms with Crippen LogP contribution >= 0.6 is 0 Å². The first-order chi connectivity index (χ1) is 15.2. The van der Waals surface area contributed by atoms with Crippen LogP contribution in [0.4, 0.5) is 9.59 Å². The van der Waals surface area contributed by atoms with E-state index < -0.39 is 29.8 Å². The lowest BCUT2D eigenvalue weighted by Gasteiger charge is -2.29. The Morgan fingerprint density at radius 1 is 1.00 bits per heavy atom. The van der Waals surface area contributed by atoms with Crippen molar-refractivity contribution in [2.24, 2.45) is 0 Å². The molecule has 0 aliphatic rings. The van der Waals surface area contributed by atoms with Gasteiger partial charge in [-0.3, -0.25) is 0 Å². The van der Waals surface area contributed by atoms with Crippen molar-refractivity contribution in [3.05, 3.63) is 71.9 Å². The second kappa shape index (κ2) is 9.55. The van der Waals surface area contributed by atoms with E-state index in [9.17, 15) is 19.5 Å². The van der Waals surface area contributed by atoms with Crippen molar-refractivity contribution in [1.29, 1.82) is 0 Å². The first-order valence-electron chi connectivity index (χ1n) is 10.2. The summed E-state index contributed by atoms with van der Waals surface area (Å²) in [5.41, 5.74) is 1.24. The molecule has 1 heterocycles. The van der Waals surface area contributed by atoms with E-state index >= 15 is 0 Å². The normalized spacial score (nSPS) is 12.2. The highest BCUT2D eigenvalue weighted by molar-refractivity contribution is 5.94. The zero-order valence-corrected chi connectivity index (χ0v) is 18.2. The van der Waals surface area contributed by atoms with E-state index in [1.54, 1.807) is 51.2 Å². The Balaban J connectivity index is 1.89. The van der Waals surface area contributed by atoms with Gasteiger partial charge in [-0.15, -0.1) is 0 Å². The molecule has 2 amide bonds. The third-order valence-electron chi connectivity index (χ3n) is 4.68. The van der Waals surface area contributed by atoms with Crippen LogP contribution in [0.3, 0.4) is 0 Å². The van der Waals surface area contributed by atoms with Crippen molar-refractivity contribution in [1.82, 2.24) is 9.88 Å². The maximum absolute atomic E-state index is 12.9. The summed E-state index contributed by atoms with van der Waals surface area (Å²) in [6, 6.07) is 14.8. The fourth-order valence-corrected chi connectivity index (χ4v) is 3.23. The molecular formula is C24H26N2O6. The molecule has 0 aliphatic heterocycles. The van der Waals surface area contributed by atoms with E-state index in [4.69, 9.17) is 9.47 Å². The first kappa shape index (κ1) is 22.9. The fraction of sp³-hybridized carbons (Fsp3) is 0.292. The topological polar surface area (TPSA) is 109 Å². The molecule has 0 spiro atoms. The molecule has 8 nitrogen and oxygen atoms in total. The molecule has 1 unspecified atom stereocenters. The van der Waals surface area contributed by atoms with Crippen LogP contribution in [0.2, 0.25) is 0 Å². The SMILES string of the molecule is CC(C)(C)OC(=O)N(C(=O)OCc1ccccc1)C(Cc1c[nH]c2ccccc12)C(=O)O. The Kier molecular flexibility index (Phi) is 6.82. The molecule has 3 aromatic rings. The highest BCUT2D eigenvalue weighted by atomic mass is 16.6. The van der Waals surface area contributed by atoms with Gasteiger partial charge in [-0.05, 0) is 38.0 Å². The molecule has 1 aromatic heterocycles. The lowest BCUT2D eigenvalue weighted by molar-refractivity contribution is -0.142. The number of rotatable bonds is 6. The standard InChI is InChI=1S/C24H26N2O6/c1-24(2,3)32-23(30)26(22(29)31-15-16-9-5-4-6-10-16)20(21(27)28)13-17-14-25-19-12-8-7-11-18(17)19/h4-12,14,20,25H,13,15H2,1-3H3,(H,27,28). The number of carbonyl (C=O) groups is 3. The van der Waals surface area contributed by atoms with Crippen LogP contribution in [0.15, 0.2) is 60.8 Å². The Morgan fingerprint density at radius 2 is 1.66 bits per heavy atom. The molecule has 2 N–H and O–H groups in total. The number of carboxylic acids is 1. The summed E-state index contributed by atoms with van der Waals surface area (Å²) in [5.74, 6) is -1.35. The van der Waals surface area contributed by atoms with E-state index in [1.165, 1.54) is 0 Å². The molecule has 0 radical (unpaired) electrons. The van der Waals surface area contributed by atoms with Gasteiger partial charge in [-0.2, -0.15) is 4.90 Å². The molecule has 0 bridgehead atoms. The fourth-order valence-electron chi connectivity index (χ4n) is 3.23. The Morgan fingerprint density at radius 3 is 2.31 bits per heavy atom. The number of H-pyrrole nitrogens is 1. The van der Waals surface area contributed by atoms with Gasteiger partial charge in [0.25, 0.3) is 0 Å². The molecule has 0 saturated heterocycles. The third-order valence-corrected chi connectivity index (χ3v) is 4.68. The number of aromatic amines is 1. The largest absolute Gasteiger partial charge is 0.480 e. The number of carbonyl (C=O) groups excluding carboxylic acids is 2. The summed E-state index contributed by atoms with van der Waals surface area (Å²) in [6.07, 6.45) is -0.611. The average Bonchev–Trinajstić information content (AvgIpc) is 3.14. The van der Waals surface area contributed by atoms with Gasteiger partial charge < -0.3 is 19.6 Å². The van der Waals surface area contributed by atoms with Gasteiger partial charge in [-0.1, -0.05) is 48.5 Å². The molecule has 3 rings (SSSR count). The van der Waals surface area contributed by atoms with Crippen LogP contribution in [0, 0.1) is 0 Å². The van der Waals surface area contributed by atoms with Gasteiger partial charge in [0.05, 0.1) is 0 Å². The number of imide groups is 1. The highest BCUT2D eigenvalue weighted by Gasteiger charge is 2.39. The summed E-state index contributed by atoms with van der Waals surface area (Å²) >= 11 is 0. The van der Waals surface area contributed by atoms with Crippen LogP contribution in [-0.4, -0.2) is 44.8 Å². The van der Waals surface area contributed by atoms with Gasteiger partial charge >= 0.3 is 18.2 Å². The predicted molar refractivity (Wildman–Crippen MR) is 118 cm³/mol. The lowest BCUT2D eigenvalue weighted by Crippen LogP contribution is -2.51. The van der Waals surface area contributed by atoms with Crippen molar-refractivity contribution in [3.8, 4) is 0 Å². The van der Waals surface area contributed by atoms with Gasteiger partial charge in [0.1, 0.15) is 18.2 Å². The van der Waals surface area contributed by atoms with Crippen LogP contribution in [0.5, 0.6) is 0 Å². The first-order valence-corrected chi connectivity index (χ1v) is 10.2. The number of amides is 2. The number of aromatic nitrogens is 1. The average molecular weight is 438 g/mol. The minimum atomic E-state index is -1.52. The maximum atomic E-state index is 12.9. The van der Waals surface area contributed by atoms with Gasteiger partial charge in [-0.25, -0.2) is 14.4 Å². The molecule has 168 valence electrons. The number of aliphatic carboxylic acids is 1. The molecule has 32 heavy (non-hydrogen) atoms. The van der Waals surface area contributed by atoms with Gasteiger partial charge in [0.15, 0.2) is 0 Å². The number of carboxylic acid groups (broad SMARTS) is 1. The van der Waals surface area contributed by atoms with E-state index in [1.807, 2.05) is 30.3 Å². The van der Waals surface area contributed by atoms with Crippen LogP contribution in [0.25, 0.3) is 10.9 Å². The van der Waals surface area contributed by atoms with Gasteiger partial charge in [0, 0.05) is 23.5 Å². The molecule has 1 atom stereocenters. The zero-order valence-electron chi connectivity index (χ0n) is 18.2. The molecule has 8 heteroatoms. The second-order valence-electron chi connectivity index (χ2n) is 8.31. The maximum Gasteiger partial charge on any atom is 0.420 e. The predicted octanol–water partition coefficient (Wildman–Crippen LogP) is 4.74. The zero-order chi connectivity index (χ0) is 23.3. The minimum Gasteiger partial charge on any atom is -0.480 e. The van der Waals surface area contributed by atoms with Crippen LogP contribution in [0.1, 0.15) is 31.9 Å². The molecular weight excluding hydrogens is 412 g/mol. The lowest BCUT2D eigenvalue weighted by atomic mass is 10.0. The Hall–Kier alpha value is -3.81. The summed E-state index contributed by atoms with van der Waals surface area (Å²) in [4.78, 5) is 41.6. The van der Waals surface area contributed by atoms with Crippen molar-refractivity contribution in [3.63, 3.8) is 0 Å². The smallest absolute Gasteiger partial charge is 0.420 e. The number of nitrogens with zero attached hydrogens (tertiary/aromatic N) is 1. The third kappa shape index (κ3) is 5.66. The summed E-state index contributed by atoms with van der Waals surface area (Å²) < 4.78 is 10.6. The number of hydrogen-bond donors (Lipinski definition) is 2. The number of hydrogen-bond acceptors (Lipinski definition) is 5. The van der Waals surface area contributed by atoms with E-state index in [0.29, 0.717) is 16.0 Å². The summed E-state index contributed by atoms with van der Waals surface area (Å²) in [5, 5.41) is 10.7. The van der Waals surface area contributed by atoms with Crippen LogP contribution < -0.4 is 0 Å². The number of benzene rings is 2. The highest BCUT2D eigenvalue weighted by Crippen LogP contribution is 2.23. The van der Waals surface area contributed by atoms with E-state index in [2.05, 4.69) is 4.98 Å². The summed E-state index contributed by atoms with van der Waals surface area (Å²) in [7, 11) is 0. The van der Waals surface area contributed by atoms with Crippen molar-refractivity contribution in [2.45, 2.75) is 45.4 Å². The Labute approximate surface area is 185 Å². The minimum absolute atomic E-state index is 0.112. The molecule has 0 aliphatic carbocycles. The summed E-state index contributed by atoms with van der Waals surface area (Å²) in [6.45, 7) is 4.79. The molecule has 0 fully saturated rings. The van der Waals surface area contributed by atoms with Crippen molar-refractivity contribution in [2.75, 3.05) is 0 Å². The molecule has 0 saturated carbocycles. The van der Waals surface area contributed by atoms with Crippen molar-refractivity contribution >= 4 is 29.1 Å².